The molecular weight excluding hydrogens is 393 g/mol. The fraction of sp³-hybridized carbons (Fsp3) is 0.476. The van der Waals surface area contributed by atoms with E-state index in [-0.39, 0.29) is 17.9 Å². The van der Waals surface area contributed by atoms with Gasteiger partial charge < -0.3 is 15.1 Å². The van der Waals surface area contributed by atoms with Crippen LogP contribution in [0, 0.1) is 19.7 Å². The molecule has 1 aromatic heterocycles. The van der Waals surface area contributed by atoms with E-state index >= 15 is 0 Å². The van der Waals surface area contributed by atoms with Crippen molar-refractivity contribution >= 4 is 23.4 Å². The molecule has 2 amide bonds. The second-order valence-corrected chi connectivity index (χ2v) is 8.02. The largest absolute Gasteiger partial charge is 0.353 e. The first-order valence-electron chi connectivity index (χ1n) is 9.83. The van der Waals surface area contributed by atoms with Crippen LogP contribution in [-0.2, 0) is 6.42 Å². The van der Waals surface area contributed by atoms with E-state index in [9.17, 15) is 9.18 Å². The lowest BCUT2D eigenvalue weighted by Gasteiger charge is -2.36. The summed E-state index contributed by atoms with van der Waals surface area (Å²) in [6.45, 7) is 10.2. The number of hydrogen-bond acceptors (Lipinski definition) is 4. The molecule has 0 bridgehead atoms. The van der Waals surface area contributed by atoms with Gasteiger partial charge in [0.05, 0.1) is 0 Å². The molecule has 1 fully saturated rings. The molecule has 1 aromatic carbocycles. The zero-order chi connectivity index (χ0) is 21.1. The number of hydrogen-bond donors (Lipinski definition) is 1. The summed E-state index contributed by atoms with van der Waals surface area (Å²) in [5.41, 5.74) is 2.12. The van der Waals surface area contributed by atoms with Crippen LogP contribution < -0.4 is 10.2 Å². The SMILES string of the molecule is Cc1nc(C)c(Cc2c(F)cccc2Cl)c(N2CCN(C(=O)NC(C)C)CC2)n1. The van der Waals surface area contributed by atoms with Crippen LogP contribution in [0.4, 0.5) is 15.0 Å². The third kappa shape index (κ3) is 4.96. The van der Waals surface area contributed by atoms with Gasteiger partial charge in [-0.15, -0.1) is 0 Å². The Labute approximate surface area is 176 Å². The minimum Gasteiger partial charge on any atom is -0.353 e. The first kappa shape index (κ1) is 21.3. The van der Waals surface area contributed by atoms with Crippen molar-refractivity contribution in [1.29, 1.82) is 0 Å². The van der Waals surface area contributed by atoms with Crippen LogP contribution in [0.1, 0.15) is 36.5 Å². The van der Waals surface area contributed by atoms with E-state index in [1.54, 1.807) is 12.1 Å². The number of nitrogens with zero attached hydrogens (tertiary/aromatic N) is 4. The molecule has 0 aliphatic carbocycles. The van der Waals surface area contributed by atoms with Crippen molar-refractivity contribution in [1.82, 2.24) is 20.2 Å². The number of amides is 2. The van der Waals surface area contributed by atoms with Gasteiger partial charge in [-0.05, 0) is 39.8 Å². The molecule has 8 heteroatoms. The number of benzene rings is 1. The van der Waals surface area contributed by atoms with Crippen molar-refractivity contribution in [3.05, 3.63) is 51.7 Å². The number of halogens is 2. The van der Waals surface area contributed by atoms with Crippen LogP contribution in [0.5, 0.6) is 0 Å². The zero-order valence-electron chi connectivity index (χ0n) is 17.3. The summed E-state index contributed by atoms with van der Waals surface area (Å²) >= 11 is 6.25. The molecular formula is C21H27ClFN5O. The van der Waals surface area contributed by atoms with Gasteiger partial charge in [-0.1, -0.05) is 17.7 Å². The van der Waals surface area contributed by atoms with Crippen LogP contribution >= 0.6 is 11.6 Å². The standard InChI is InChI=1S/C21H27ClFN5O/c1-13(2)24-21(29)28-10-8-27(9-11-28)20-16(14(3)25-15(4)26-20)12-17-18(22)6-5-7-19(17)23/h5-7,13H,8-12H2,1-4H3,(H,24,29). The van der Waals surface area contributed by atoms with E-state index in [1.807, 2.05) is 32.6 Å². The van der Waals surface area contributed by atoms with E-state index in [0.29, 0.717) is 49.0 Å². The average molecular weight is 420 g/mol. The molecule has 1 aliphatic rings. The lowest BCUT2D eigenvalue weighted by Crippen LogP contribution is -2.53. The first-order valence-corrected chi connectivity index (χ1v) is 10.2. The maximum atomic E-state index is 14.4. The van der Waals surface area contributed by atoms with E-state index < -0.39 is 0 Å². The van der Waals surface area contributed by atoms with Gasteiger partial charge in [-0.3, -0.25) is 0 Å². The molecule has 0 atom stereocenters. The van der Waals surface area contributed by atoms with Gasteiger partial charge in [0.25, 0.3) is 0 Å². The van der Waals surface area contributed by atoms with Crippen LogP contribution in [-0.4, -0.2) is 53.1 Å². The molecule has 6 nitrogen and oxygen atoms in total. The van der Waals surface area contributed by atoms with Crippen molar-refractivity contribution in [3.63, 3.8) is 0 Å². The van der Waals surface area contributed by atoms with Crippen molar-refractivity contribution in [2.45, 2.75) is 40.2 Å². The lowest BCUT2D eigenvalue weighted by molar-refractivity contribution is 0.191. The number of anilines is 1. The fourth-order valence-electron chi connectivity index (χ4n) is 3.52. The molecule has 1 N–H and O–H groups in total. The fourth-order valence-corrected chi connectivity index (χ4v) is 3.75. The topological polar surface area (TPSA) is 61.4 Å². The smallest absolute Gasteiger partial charge is 0.317 e. The molecule has 2 aromatic rings. The summed E-state index contributed by atoms with van der Waals surface area (Å²) in [6.07, 6.45) is 0.320. The number of aryl methyl sites for hydroxylation is 2. The molecule has 29 heavy (non-hydrogen) atoms. The van der Waals surface area contributed by atoms with E-state index in [1.165, 1.54) is 6.07 Å². The highest BCUT2D eigenvalue weighted by Gasteiger charge is 2.25. The maximum Gasteiger partial charge on any atom is 0.317 e. The van der Waals surface area contributed by atoms with Gasteiger partial charge in [-0.2, -0.15) is 0 Å². The number of rotatable bonds is 4. The summed E-state index contributed by atoms with van der Waals surface area (Å²) < 4.78 is 14.4. The van der Waals surface area contributed by atoms with Gasteiger partial charge in [0.2, 0.25) is 0 Å². The number of carbonyl (C=O) groups excluding carboxylic acids is 1. The monoisotopic (exact) mass is 419 g/mol. The summed E-state index contributed by atoms with van der Waals surface area (Å²) in [4.78, 5) is 25.4. The number of nitrogens with one attached hydrogen (secondary N) is 1. The Morgan fingerprint density at radius 2 is 1.86 bits per heavy atom. The van der Waals surface area contributed by atoms with Gasteiger partial charge in [0, 0.05) is 60.5 Å². The second-order valence-electron chi connectivity index (χ2n) is 7.61. The molecule has 3 rings (SSSR count). The molecule has 0 radical (unpaired) electrons. The van der Waals surface area contributed by atoms with Gasteiger partial charge in [0.1, 0.15) is 17.5 Å². The first-order chi connectivity index (χ1) is 13.8. The highest BCUT2D eigenvalue weighted by molar-refractivity contribution is 6.31. The number of aromatic nitrogens is 2. The Morgan fingerprint density at radius 1 is 1.17 bits per heavy atom. The van der Waals surface area contributed by atoms with Crippen molar-refractivity contribution < 1.29 is 9.18 Å². The summed E-state index contributed by atoms with van der Waals surface area (Å²) in [7, 11) is 0. The third-order valence-corrected chi connectivity index (χ3v) is 5.35. The van der Waals surface area contributed by atoms with Crippen molar-refractivity contribution in [2.24, 2.45) is 0 Å². The molecule has 0 saturated carbocycles. The van der Waals surface area contributed by atoms with Crippen molar-refractivity contribution in [3.8, 4) is 0 Å². The Kier molecular flexibility index (Phi) is 6.57. The van der Waals surface area contributed by atoms with Crippen LogP contribution in [0.2, 0.25) is 5.02 Å². The van der Waals surface area contributed by atoms with Crippen LogP contribution in [0.25, 0.3) is 0 Å². The highest BCUT2D eigenvalue weighted by atomic mass is 35.5. The Balaban J connectivity index is 1.84. The minimum absolute atomic E-state index is 0.0481. The van der Waals surface area contributed by atoms with Crippen molar-refractivity contribution in [2.75, 3.05) is 31.1 Å². The normalized spacial score (nSPS) is 14.4. The van der Waals surface area contributed by atoms with Gasteiger partial charge in [0.15, 0.2) is 0 Å². The van der Waals surface area contributed by atoms with E-state index in [2.05, 4.69) is 20.2 Å². The van der Waals surface area contributed by atoms with Gasteiger partial charge in [-0.25, -0.2) is 19.2 Å². The summed E-state index contributed by atoms with van der Waals surface area (Å²) in [6, 6.07) is 4.76. The van der Waals surface area contributed by atoms with Crippen LogP contribution in [0.3, 0.4) is 0 Å². The Hall–Kier alpha value is -2.41. The van der Waals surface area contributed by atoms with E-state index in [0.717, 1.165) is 17.1 Å². The average Bonchev–Trinajstić information content (AvgIpc) is 2.65. The number of urea groups is 1. The van der Waals surface area contributed by atoms with E-state index in [4.69, 9.17) is 11.6 Å². The maximum absolute atomic E-state index is 14.4. The number of piperazine rings is 1. The molecule has 156 valence electrons. The molecule has 1 saturated heterocycles. The molecule has 1 aliphatic heterocycles. The zero-order valence-corrected chi connectivity index (χ0v) is 18.1. The Morgan fingerprint density at radius 3 is 2.48 bits per heavy atom. The third-order valence-electron chi connectivity index (χ3n) is 5.00. The molecule has 0 unspecified atom stereocenters. The molecule has 0 spiro atoms. The summed E-state index contributed by atoms with van der Waals surface area (Å²) in [5.74, 6) is 1.12. The molecule has 2 heterocycles. The highest BCUT2D eigenvalue weighted by Crippen LogP contribution is 2.29. The predicted octanol–water partition coefficient (Wildman–Crippen LogP) is 3.72. The second kappa shape index (κ2) is 8.95. The quantitative estimate of drug-likeness (QED) is 0.820. The van der Waals surface area contributed by atoms with Crippen LogP contribution in [0.15, 0.2) is 18.2 Å². The lowest BCUT2D eigenvalue weighted by atomic mass is 10.0. The minimum atomic E-state index is -0.335. The Bertz CT molecular complexity index is 877. The summed E-state index contributed by atoms with van der Waals surface area (Å²) in [5, 5.41) is 3.32. The predicted molar refractivity (Wildman–Crippen MR) is 113 cm³/mol. The number of carbonyl (C=O) groups is 1. The van der Waals surface area contributed by atoms with Gasteiger partial charge >= 0.3 is 6.03 Å².